The second kappa shape index (κ2) is 6.91. The third-order valence-electron chi connectivity index (χ3n) is 5.14. The van der Waals surface area contributed by atoms with Gasteiger partial charge in [0.05, 0.1) is 6.07 Å². The first-order chi connectivity index (χ1) is 9.52. The first-order valence-corrected chi connectivity index (χ1v) is 8.41. The maximum atomic E-state index is 9.38. The van der Waals surface area contributed by atoms with Crippen LogP contribution in [0.4, 0.5) is 0 Å². The summed E-state index contributed by atoms with van der Waals surface area (Å²) in [7, 11) is 2.26. The highest BCUT2D eigenvalue weighted by Crippen LogP contribution is 2.27. The minimum absolute atomic E-state index is 0.316. The van der Waals surface area contributed by atoms with Crippen LogP contribution in [-0.2, 0) is 0 Å². The van der Waals surface area contributed by atoms with E-state index in [9.17, 15) is 5.26 Å². The fraction of sp³-hybridized carbons (Fsp3) is 0.941. The number of rotatable bonds is 7. The van der Waals surface area contributed by atoms with Gasteiger partial charge in [-0.25, -0.2) is 0 Å². The number of nitrogens with zero attached hydrogens (tertiary/aromatic N) is 2. The average molecular weight is 277 g/mol. The topological polar surface area (TPSA) is 39.1 Å². The van der Waals surface area contributed by atoms with Crippen molar-refractivity contribution in [2.75, 3.05) is 13.6 Å². The van der Waals surface area contributed by atoms with Crippen molar-refractivity contribution in [2.24, 2.45) is 5.92 Å². The Bertz CT molecular complexity index is 337. The lowest BCUT2D eigenvalue weighted by atomic mass is 9.86. The minimum Gasteiger partial charge on any atom is -0.303 e. The predicted molar refractivity (Wildman–Crippen MR) is 83.5 cm³/mol. The van der Waals surface area contributed by atoms with Crippen LogP contribution in [0.5, 0.6) is 0 Å². The summed E-state index contributed by atoms with van der Waals surface area (Å²) in [5, 5.41) is 12.9. The molecule has 3 heteroatoms. The molecule has 2 rings (SSSR count). The SMILES string of the molecule is CC1CCC(N(C)CCCC(C)(C#N)NC2CC2)CC1. The minimum atomic E-state index is -0.316. The monoisotopic (exact) mass is 277 g/mol. The lowest BCUT2D eigenvalue weighted by Gasteiger charge is -2.34. The van der Waals surface area contributed by atoms with Crippen molar-refractivity contribution in [3.8, 4) is 6.07 Å². The molecule has 2 saturated carbocycles. The summed E-state index contributed by atoms with van der Waals surface area (Å²) in [6.07, 6.45) is 10.1. The molecule has 0 aromatic carbocycles. The van der Waals surface area contributed by atoms with E-state index in [1.54, 1.807) is 0 Å². The van der Waals surface area contributed by atoms with Gasteiger partial charge in [0.15, 0.2) is 0 Å². The standard InChI is InChI=1S/C17H31N3/c1-14-5-9-16(10-6-14)20(3)12-4-11-17(2,13-18)19-15-7-8-15/h14-16,19H,4-12H2,1-3H3. The Hall–Kier alpha value is -0.590. The zero-order chi connectivity index (χ0) is 14.6. The highest BCUT2D eigenvalue weighted by atomic mass is 15.1. The molecule has 0 aliphatic heterocycles. The zero-order valence-corrected chi connectivity index (χ0v) is 13.5. The van der Waals surface area contributed by atoms with E-state index in [4.69, 9.17) is 0 Å². The van der Waals surface area contributed by atoms with Crippen LogP contribution in [0.2, 0.25) is 0 Å². The van der Waals surface area contributed by atoms with Gasteiger partial charge >= 0.3 is 0 Å². The van der Waals surface area contributed by atoms with Gasteiger partial charge < -0.3 is 4.90 Å². The van der Waals surface area contributed by atoms with Gasteiger partial charge in [-0.05, 0) is 77.8 Å². The van der Waals surface area contributed by atoms with Crippen LogP contribution >= 0.6 is 0 Å². The van der Waals surface area contributed by atoms with Crippen LogP contribution in [-0.4, -0.2) is 36.1 Å². The lowest BCUT2D eigenvalue weighted by molar-refractivity contribution is 0.165. The Morgan fingerprint density at radius 2 is 1.85 bits per heavy atom. The van der Waals surface area contributed by atoms with Crippen LogP contribution in [0.25, 0.3) is 0 Å². The molecule has 0 spiro atoms. The largest absolute Gasteiger partial charge is 0.303 e. The van der Waals surface area contributed by atoms with Gasteiger partial charge in [0.2, 0.25) is 0 Å². The molecular formula is C17H31N3. The molecule has 0 amide bonds. The van der Waals surface area contributed by atoms with Gasteiger partial charge in [0.1, 0.15) is 5.54 Å². The summed E-state index contributed by atoms with van der Waals surface area (Å²) in [6.45, 7) is 5.56. The quantitative estimate of drug-likeness (QED) is 0.776. The fourth-order valence-electron chi connectivity index (χ4n) is 3.39. The van der Waals surface area contributed by atoms with Crippen molar-refractivity contribution in [1.82, 2.24) is 10.2 Å². The molecule has 0 heterocycles. The third-order valence-corrected chi connectivity index (χ3v) is 5.14. The second-order valence-corrected chi connectivity index (χ2v) is 7.36. The number of nitriles is 1. The van der Waals surface area contributed by atoms with Crippen molar-refractivity contribution in [3.63, 3.8) is 0 Å². The maximum Gasteiger partial charge on any atom is 0.104 e. The van der Waals surface area contributed by atoms with Gasteiger partial charge in [0, 0.05) is 12.1 Å². The molecule has 0 aromatic rings. The molecule has 2 fully saturated rings. The maximum absolute atomic E-state index is 9.38. The molecule has 20 heavy (non-hydrogen) atoms. The van der Waals surface area contributed by atoms with Crippen molar-refractivity contribution in [1.29, 1.82) is 5.26 Å². The van der Waals surface area contributed by atoms with E-state index in [1.807, 2.05) is 0 Å². The summed E-state index contributed by atoms with van der Waals surface area (Å²) in [4.78, 5) is 2.53. The van der Waals surface area contributed by atoms with Crippen molar-refractivity contribution in [3.05, 3.63) is 0 Å². The van der Waals surface area contributed by atoms with Crippen LogP contribution in [0.3, 0.4) is 0 Å². The summed E-state index contributed by atoms with van der Waals surface area (Å²) in [5.41, 5.74) is -0.316. The van der Waals surface area contributed by atoms with E-state index in [2.05, 4.69) is 37.2 Å². The van der Waals surface area contributed by atoms with Crippen LogP contribution in [0.15, 0.2) is 0 Å². The lowest BCUT2D eigenvalue weighted by Crippen LogP contribution is -2.43. The second-order valence-electron chi connectivity index (χ2n) is 7.36. The Morgan fingerprint density at radius 1 is 1.20 bits per heavy atom. The van der Waals surface area contributed by atoms with E-state index in [-0.39, 0.29) is 5.54 Å². The first-order valence-electron chi connectivity index (χ1n) is 8.41. The molecule has 3 nitrogen and oxygen atoms in total. The predicted octanol–water partition coefficient (Wildman–Crippen LogP) is 3.31. The van der Waals surface area contributed by atoms with E-state index >= 15 is 0 Å². The Kier molecular flexibility index (Phi) is 5.46. The molecule has 0 bridgehead atoms. The van der Waals surface area contributed by atoms with Gasteiger partial charge in [-0.2, -0.15) is 5.26 Å². The summed E-state index contributed by atoms with van der Waals surface area (Å²) in [6, 6.07) is 3.86. The molecular weight excluding hydrogens is 246 g/mol. The van der Waals surface area contributed by atoms with Gasteiger partial charge in [-0.1, -0.05) is 6.92 Å². The summed E-state index contributed by atoms with van der Waals surface area (Å²) in [5.74, 6) is 0.921. The zero-order valence-electron chi connectivity index (χ0n) is 13.5. The fourth-order valence-corrected chi connectivity index (χ4v) is 3.39. The van der Waals surface area contributed by atoms with E-state index in [0.29, 0.717) is 6.04 Å². The van der Waals surface area contributed by atoms with E-state index < -0.39 is 0 Å². The van der Waals surface area contributed by atoms with Crippen molar-refractivity contribution in [2.45, 2.75) is 82.8 Å². The molecule has 2 aliphatic carbocycles. The molecule has 0 aromatic heterocycles. The molecule has 114 valence electrons. The number of hydrogen-bond donors (Lipinski definition) is 1. The first kappa shape index (κ1) is 15.8. The van der Waals surface area contributed by atoms with E-state index in [1.165, 1.54) is 38.5 Å². The highest BCUT2D eigenvalue weighted by molar-refractivity contribution is 5.07. The van der Waals surface area contributed by atoms with Crippen molar-refractivity contribution >= 4 is 0 Å². The van der Waals surface area contributed by atoms with Crippen molar-refractivity contribution < 1.29 is 0 Å². The smallest absolute Gasteiger partial charge is 0.104 e. The normalized spacial score (nSPS) is 29.9. The third kappa shape index (κ3) is 4.75. The Balaban J connectivity index is 1.67. The number of nitrogens with one attached hydrogen (secondary N) is 1. The molecule has 0 radical (unpaired) electrons. The van der Waals surface area contributed by atoms with Gasteiger partial charge in [-0.15, -0.1) is 0 Å². The van der Waals surface area contributed by atoms with E-state index in [0.717, 1.165) is 31.3 Å². The molecule has 1 atom stereocenters. The highest BCUT2D eigenvalue weighted by Gasteiger charge is 2.32. The van der Waals surface area contributed by atoms with Gasteiger partial charge in [-0.3, -0.25) is 5.32 Å². The van der Waals surface area contributed by atoms with Crippen LogP contribution in [0.1, 0.15) is 65.2 Å². The molecule has 0 saturated heterocycles. The summed E-state index contributed by atoms with van der Waals surface area (Å²) < 4.78 is 0. The van der Waals surface area contributed by atoms with Crippen LogP contribution < -0.4 is 5.32 Å². The van der Waals surface area contributed by atoms with Gasteiger partial charge in [0.25, 0.3) is 0 Å². The Labute approximate surface area is 124 Å². The average Bonchev–Trinajstić information content (AvgIpc) is 3.23. The molecule has 1 unspecified atom stereocenters. The number of hydrogen-bond acceptors (Lipinski definition) is 3. The molecule has 2 aliphatic rings. The summed E-state index contributed by atoms with van der Waals surface area (Å²) >= 11 is 0. The Morgan fingerprint density at radius 3 is 2.40 bits per heavy atom. The molecule has 1 N–H and O–H groups in total. The van der Waals surface area contributed by atoms with Crippen LogP contribution in [0, 0.1) is 17.2 Å².